The zero-order valence-corrected chi connectivity index (χ0v) is 8.81. The molecule has 2 nitrogen and oxygen atoms in total. The van der Waals surface area contributed by atoms with Crippen LogP contribution in [-0.4, -0.2) is 26.3 Å². The standard InChI is InChI=1S/C11H21NO/c1-11(5-6-13-2)7-9(11)8-12-10-3-4-10/h9-10,12H,3-8H2,1-2H3. The second-order valence-electron chi connectivity index (χ2n) is 4.98. The fraction of sp³-hybridized carbons (Fsp3) is 1.00. The van der Waals surface area contributed by atoms with Crippen LogP contribution >= 0.6 is 0 Å². The largest absolute Gasteiger partial charge is 0.385 e. The van der Waals surface area contributed by atoms with E-state index in [4.69, 9.17) is 4.74 Å². The number of hydrogen-bond donors (Lipinski definition) is 1. The summed E-state index contributed by atoms with van der Waals surface area (Å²) < 4.78 is 5.12. The molecule has 2 atom stereocenters. The molecule has 0 aromatic carbocycles. The Hall–Kier alpha value is -0.0800. The van der Waals surface area contributed by atoms with E-state index in [-0.39, 0.29) is 0 Å². The molecule has 0 aliphatic heterocycles. The summed E-state index contributed by atoms with van der Waals surface area (Å²) in [5.74, 6) is 0.920. The van der Waals surface area contributed by atoms with Crippen LogP contribution < -0.4 is 5.32 Å². The molecule has 1 N–H and O–H groups in total. The lowest BCUT2D eigenvalue weighted by Gasteiger charge is -2.10. The van der Waals surface area contributed by atoms with E-state index in [2.05, 4.69) is 12.2 Å². The summed E-state index contributed by atoms with van der Waals surface area (Å²) in [5, 5.41) is 3.61. The Morgan fingerprint density at radius 2 is 2.23 bits per heavy atom. The zero-order chi connectivity index (χ0) is 9.31. The van der Waals surface area contributed by atoms with Gasteiger partial charge in [-0.15, -0.1) is 0 Å². The number of hydrogen-bond acceptors (Lipinski definition) is 2. The average molecular weight is 183 g/mol. The molecule has 0 saturated heterocycles. The van der Waals surface area contributed by atoms with Gasteiger partial charge in [-0.3, -0.25) is 0 Å². The van der Waals surface area contributed by atoms with E-state index in [0.29, 0.717) is 5.41 Å². The average Bonchev–Trinajstić information content (AvgIpc) is 2.97. The third kappa shape index (κ3) is 2.44. The van der Waals surface area contributed by atoms with Gasteiger partial charge in [0.1, 0.15) is 0 Å². The highest BCUT2D eigenvalue weighted by molar-refractivity contribution is 5.00. The van der Waals surface area contributed by atoms with E-state index in [1.807, 2.05) is 0 Å². The van der Waals surface area contributed by atoms with E-state index in [1.54, 1.807) is 7.11 Å². The minimum atomic E-state index is 0.595. The summed E-state index contributed by atoms with van der Waals surface area (Å²) in [4.78, 5) is 0. The van der Waals surface area contributed by atoms with E-state index in [0.717, 1.165) is 18.6 Å². The summed E-state index contributed by atoms with van der Waals surface area (Å²) in [5.41, 5.74) is 0.595. The van der Waals surface area contributed by atoms with E-state index < -0.39 is 0 Å². The lowest BCUT2D eigenvalue weighted by molar-refractivity contribution is 0.172. The third-order valence-corrected chi connectivity index (χ3v) is 3.65. The Morgan fingerprint density at radius 3 is 2.85 bits per heavy atom. The van der Waals surface area contributed by atoms with Gasteiger partial charge in [-0.05, 0) is 43.6 Å². The minimum Gasteiger partial charge on any atom is -0.385 e. The highest BCUT2D eigenvalue weighted by atomic mass is 16.5. The predicted molar refractivity (Wildman–Crippen MR) is 53.7 cm³/mol. The lowest BCUT2D eigenvalue weighted by Crippen LogP contribution is -2.21. The van der Waals surface area contributed by atoms with Crippen LogP contribution in [0.1, 0.15) is 32.6 Å². The molecule has 2 rings (SSSR count). The Balaban J connectivity index is 1.60. The lowest BCUT2D eigenvalue weighted by atomic mass is 10.0. The maximum atomic E-state index is 5.12. The van der Waals surface area contributed by atoms with Crippen LogP contribution in [0.4, 0.5) is 0 Å². The van der Waals surface area contributed by atoms with Gasteiger partial charge in [0.25, 0.3) is 0 Å². The van der Waals surface area contributed by atoms with Gasteiger partial charge in [0.2, 0.25) is 0 Å². The molecule has 2 heteroatoms. The Bertz CT molecular complexity index is 179. The van der Waals surface area contributed by atoms with Gasteiger partial charge in [-0.1, -0.05) is 6.92 Å². The van der Waals surface area contributed by atoms with Crippen LogP contribution in [0.2, 0.25) is 0 Å². The molecule has 2 saturated carbocycles. The second-order valence-corrected chi connectivity index (χ2v) is 4.98. The van der Waals surface area contributed by atoms with Crippen LogP contribution in [0.5, 0.6) is 0 Å². The van der Waals surface area contributed by atoms with Gasteiger partial charge in [0.15, 0.2) is 0 Å². The van der Waals surface area contributed by atoms with Crippen LogP contribution in [0.15, 0.2) is 0 Å². The highest BCUT2D eigenvalue weighted by Gasteiger charge is 2.49. The van der Waals surface area contributed by atoms with Crippen molar-refractivity contribution in [1.82, 2.24) is 5.32 Å². The summed E-state index contributed by atoms with van der Waals surface area (Å²) in [6.45, 7) is 4.56. The van der Waals surface area contributed by atoms with Crippen LogP contribution in [0.3, 0.4) is 0 Å². The zero-order valence-electron chi connectivity index (χ0n) is 8.81. The number of ether oxygens (including phenoxy) is 1. The molecule has 76 valence electrons. The molecule has 0 radical (unpaired) electrons. The second kappa shape index (κ2) is 3.58. The Morgan fingerprint density at radius 1 is 1.46 bits per heavy atom. The first-order valence-corrected chi connectivity index (χ1v) is 5.47. The maximum absolute atomic E-state index is 5.12. The third-order valence-electron chi connectivity index (χ3n) is 3.65. The molecule has 0 heterocycles. The van der Waals surface area contributed by atoms with Gasteiger partial charge >= 0.3 is 0 Å². The SMILES string of the molecule is COCCC1(C)CC1CNC1CC1. The Kier molecular flexibility index (Phi) is 2.61. The van der Waals surface area contributed by atoms with E-state index in [1.165, 1.54) is 32.2 Å². The molecular formula is C11H21NO. The van der Waals surface area contributed by atoms with E-state index in [9.17, 15) is 0 Å². The molecule has 2 fully saturated rings. The summed E-state index contributed by atoms with van der Waals surface area (Å²) in [6, 6.07) is 0.868. The number of nitrogens with one attached hydrogen (secondary N) is 1. The normalized spacial score (nSPS) is 37.8. The number of rotatable bonds is 6. The van der Waals surface area contributed by atoms with E-state index >= 15 is 0 Å². The fourth-order valence-electron chi connectivity index (χ4n) is 2.06. The molecule has 13 heavy (non-hydrogen) atoms. The molecule has 0 aromatic rings. The van der Waals surface area contributed by atoms with Gasteiger partial charge in [0, 0.05) is 19.8 Å². The van der Waals surface area contributed by atoms with Crippen LogP contribution in [-0.2, 0) is 4.74 Å². The van der Waals surface area contributed by atoms with Crippen molar-refractivity contribution in [2.24, 2.45) is 11.3 Å². The predicted octanol–water partition coefficient (Wildman–Crippen LogP) is 1.80. The van der Waals surface area contributed by atoms with Crippen LogP contribution in [0.25, 0.3) is 0 Å². The number of methoxy groups -OCH3 is 1. The summed E-state index contributed by atoms with van der Waals surface area (Å²) in [7, 11) is 1.79. The maximum Gasteiger partial charge on any atom is 0.0467 e. The first-order valence-electron chi connectivity index (χ1n) is 5.47. The molecule has 0 spiro atoms. The first-order chi connectivity index (χ1) is 6.24. The Labute approximate surface area is 81.0 Å². The summed E-state index contributed by atoms with van der Waals surface area (Å²) in [6.07, 6.45) is 5.44. The highest BCUT2D eigenvalue weighted by Crippen LogP contribution is 2.54. The van der Waals surface area contributed by atoms with Crippen molar-refractivity contribution >= 4 is 0 Å². The van der Waals surface area contributed by atoms with Gasteiger partial charge < -0.3 is 10.1 Å². The molecule has 0 bridgehead atoms. The molecular weight excluding hydrogens is 162 g/mol. The smallest absolute Gasteiger partial charge is 0.0467 e. The minimum absolute atomic E-state index is 0.595. The van der Waals surface area contributed by atoms with Crippen molar-refractivity contribution in [3.8, 4) is 0 Å². The molecule has 2 aliphatic carbocycles. The van der Waals surface area contributed by atoms with Gasteiger partial charge in [0.05, 0.1) is 0 Å². The topological polar surface area (TPSA) is 21.3 Å². The van der Waals surface area contributed by atoms with Gasteiger partial charge in [-0.2, -0.15) is 0 Å². The molecule has 0 aromatic heterocycles. The molecule has 2 aliphatic rings. The van der Waals surface area contributed by atoms with Crippen molar-refractivity contribution in [3.05, 3.63) is 0 Å². The van der Waals surface area contributed by atoms with Crippen molar-refractivity contribution in [2.45, 2.75) is 38.6 Å². The first kappa shape index (κ1) is 9.47. The summed E-state index contributed by atoms with van der Waals surface area (Å²) >= 11 is 0. The molecule has 2 unspecified atom stereocenters. The monoisotopic (exact) mass is 183 g/mol. The van der Waals surface area contributed by atoms with Crippen molar-refractivity contribution in [1.29, 1.82) is 0 Å². The fourth-order valence-corrected chi connectivity index (χ4v) is 2.06. The van der Waals surface area contributed by atoms with Crippen molar-refractivity contribution in [2.75, 3.05) is 20.3 Å². The quantitative estimate of drug-likeness (QED) is 0.678. The van der Waals surface area contributed by atoms with Crippen molar-refractivity contribution < 1.29 is 4.74 Å². The van der Waals surface area contributed by atoms with Gasteiger partial charge in [-0.25, -0.2) is 0 Å². The molecule has 0 amide bonds. The van der Waals surface area contributed by atoms with Crippen LogP contribution in [0, 0.1) is 11.3 Å². The van der Waals surface area contributed by atoms with Crippen molar-refractivity contribution in [3.63, 3.8) is 0 Å².